The number of nitrogens with one attached hydrogen (secondary N) is 2. The SMILES string of the molecule is CCCN1CCN(C2=CC(C)(/N=C3/Cc4cc(/C(C=NC)=C(\C)CC)ccc4N3)NC=C2)CC1.FF. The minimum atomic E-state index is -0.462. The van der Waals surface area contributed by atoms with Gasteiger partial charge in [0, 0.05) is 72.6 Å². The Bertz CT molecular complexity index is 1050. The number of aliphatic imine (C=N–C) groups is 2. The Hall–Kier alpha value is -3.00. The van der Waals surface area contributed by atoms with Crippen LogP contribution in [0.5, 0.6) is 0 Å². The zero-order valence-corrected chi connectivity index (χ0v) is 22.2. The summed E-state index contributed by atoms with van der Waals surface area (Å²) in [5.74, 6) is 1.00. The Morgan fingerprint density at radius 2 is 1.92 bits per heavy atom. The summed E-state index contributed by atoms with van der Waals surface area (Å²) in [6, 6.07) is 6.65. The number of hydrogen-bond acceptors (Lipinski definition) is 5. The summed E-state index contributed by atoms with van der Waals surface area (Å²) in [7, 11) is 1.84. The number of benzene rings is 1. The van der Waals surface area contributed by atoms with E-state index in [1.54, 1.807) is 0 Å². The van der Waals surface area contributed by atoms with Gasteiger partial charge in [0.2, 0.25) is 0 Å². The minimum Gasteiger partial charge on any atom is -0.369 e. The van der Waals surface area contributed by atoms with E-state index in [0.29, 0.717) is 0 Å². The molecule has 196 valence electrons. The van der Waals surface area contributed by atoms with Crippen LogP contribution in [0.1, 0.15) is 51.7 Å². The van der Waals surface area contributed by atoms with Gasteiger partial charge in [-0.3, -0.25) is 9.89 Å². The fourth-order valence-corrected chi connectivity index (χ4v) is 4.99. The maximum atomic E-state index is 8.00. The first-order chi connectivity index (χ1) is 17.4. The fraction of sp³-hybridized carbons (Fsp3) is 0.500. The maximum Gasteiger partial charge on any atom is 0.149 e. The number of fused-ring (bicyclic) bond motifs is 1. The summed E-state index contributed by atoms with van der Waals surface area (Å²) in [6.45, 7) is 14.4. The predicted molar refractivity (Wildman–Crippen MR) is 148 cm³/mol. The fourth-order valence-electron chi connectivity index (χ4n) is 4.99. The molecule has 0 saturated carbocycles. The van der Waals surface area contributed by atoms with Crippen LogP contribution in [0.2, 0.25) is 0 Å². The van der Waals surface area contributed by atoms with E-state index in [9.17, 15) is 0 Å². The first kappa shape index (κ1) is 27.6. The van der Waals surface area contributed by atoms with Crippen LogP contribution in [0, 0.1) is 0 Å². The van der Waals surface area contributed by atoms with Crippen molar-refractivity contribution in [3.05, 3.63) is 58.9 Å². The lowest BCUT2D eigenvalue weighted by Crippen LogP contribution is -2.47. The van der Waals surface area contributed by atoms with Crippen molar-refractivity contribution in [2.24, 2.45) is 9.98 Å². The van der Waals surface area contributed by atoms with Crippen molar-refractivity contribution >= 4 is 23.3 Å². The van der Waals surface area contributed by atoms with Crippen LogP contribution in [0.4, 0.5) is 14.8 Å². The summed E-state index contributed by atoms with van der Waals surface area (Å²) in [6.07, 6.45) is 11.5. The Morgan fingerprint density at radius 3 is 2.58 bits per heavy atom. The van der Waals surface area contributed by atoms with Crippen molar-refractivity contribution in [1.29, 1.82) is 0 Å². The second-order valence-corrected chi connectivity index (χ2v) is 9.69. The molecule has 1 aromatic rings. The van der Waals surface area contributed by atoms with Gasteiger partial charge in [-0.2, -0.15) is 0 Å². The van der Waals surface area contributed by atoms with Crippen LogP contribution in [0.25, 0.3) is 5.57 Å². The van der Waals surface area contributed by atoms with Gasteiger partial charge in [-0.1, -0.05) is 25.5 Å². The van der Waals surface area contributed by atoms with Crippen molar-refractivity contribution in [3.8, 4) is 0 Å². The second kappa shape index (κ2) is 12.8. The molecular weight excluding hydrogens is 458 g/mol. The minimum absolute atomic E-state index is 0.462. The van der Waals surface area contributed by atoms with Gasteiger partial charge in [0.25, 0.3) is 0 Å². The van der Waals surface area contributed by atoms with Crippen LogP contribution in [0.3, 0.4) is 0 Å². The first-order valence-electron chi connectivity index (χ1n) is 12.8. The van der Waals surface area contributed by atoms with E-state index in [4.69, 9.17) is 14.1 Å². The summed E-state index contributed by atoms with van der Waals surface area (Å²) in [5, 5.41) is 7.02. The van der Waals surface area contributed by atoms with Crippen LogP contribution < -0.4 is 10.6 Å². The zero-order chi connectivity index (χ0) is 26.1. The van der Waals surface area contributed by atoms with E-state index in [2.05, 4.69) is 83.5 Å². The Balaban J connectivity index is 0.00000176. The van der Waals surface area contributed by atoms with Gasteiger partial charge in [0.05, 0.1) is 0 Å². The number of allylic oxidation sites excluding steroid dienone is 3. The predicted octanol–water partition coefficient (Wildman–Crippen LogP) is 5.52. The molecule has 4 rings (SSSR count). The van der Waals surface area contributed by atoms with E-state index in [1.807, 2.05) is 19.5 Å². The highest BCUT2D eigenvalue weighted by molar-refractivity contribution is 6.11. The Labute approximate surface area is 214 Å². The number of nitrogens with zero attached hydrogens (tertiary/aromatic N) is 4. The van der Waals surface area contributed by atoms with Crippen molar-refractivity contribution in [2.45, 2.75) is 52.6 Å². The quantitative estimate of drug-likeness (QED) is 0.486. The largest absolute Gasteiger partial charge is 0.369 e. The number of anilines is 1. The highest BCUT2D eigenvalue weighted by Crippen LogP contribution is 2.30. The highest BCUT2D eigenvalue weighted by atomic mass is 20.0. The molecule has 1 saturated heterocycles. The number of halogens is 2. The monoisotopic (exact) mass is 498 g/mol. The van der Waals surface area contributed by atoms with E-state index < -0.39 is 5.66 Å². The van der Waals surface area contributed by atoms with Crippen LogP contribution >= 0.6 is 0 Å². The lowest BCUT2D eigenvalue weighted by Gasteiger charge is -2.38. The van der Waals surface area contributed by atoms with Crippen molar-refractivity contribution < 1.29 is 9.15 Å². The molecule has 1 fully saturated rings. The maximum absolute atomic E-state index is 8.00. The molecule has 3 aliphatic heterocycles. The molecule has 0 radical (unpaired) electrons. The molecule has 3 heterocycles. The molecule has 0 bridgehead atoms. The highest BCUT2D eigenvalue weighted by Gasteiger charge is 2.28. The van der Waals surface area contributed by atoms with E-state index in [0.717, 1.165) is 50.5 Å². The van der Waals surface area contributed by atoms with Crippen molar-refractivity contribution in [2.75, 3.05) is 45.1 Å². The van der Waals surface area contributed by atoms with Gasteiger partial charge < -0.3 is 15.5 Å². The van der Waals surface area contributed by atoms with Crippen LogP contribution in [-0.4, -0.2) is 67.3 Å². The molecule has 36 heavy (non-hydrogen) atoms. The second-order valence-electron chi connectivity index (χ2n) is 9.69. The van der Waals surface area contributed by atoms with Gasteiger partial charge in [0.1, 0.15) is 11.5 Å². The van der Waals surface area contributed by atoms with Crippen molar-refractivity contribution in [1.82, 2.24) is 15.1 Å². The molecule has 2 N–H and O–H groups in total. The number of piperazine rings is 1. The average molecular weight is 499 g/mol. The normalized spacial score (nSPS) is 23.5. The third-order valence-electron chi connectivity index (χ3n) is 7.00. The molecule has 1 aromatic carbocycles. The molecule has 0 amide bonds. The number of rotatable bonds is 7. The first-order valence-corrected chi connectivity index (χ1v) is 12.8. The molecular formula is C28H40F2N6. The molecule has 1 unspecified atom stereocenters. The number of amidine groups is 1. The molecule has 1 atom stereocenters. The smallest absolute Gasteiger partial charge is 0.149 e. The van der Waals surface area contributed by atoms with Crippen LogP contribution in [-0.2, 0) is 6.42 Å². The third-order valence-corrected chi connectivity index (χ3v) is 7.00. The van der Waals surface area contributed by atoms with E-state index in [1.165, 1.54) is 40.9 Å². The van der Waals surface area contributed by atoms with Gasteiger partial charge in [-0.25, -0.2) is 4.99 Å². The third kappa shape index (κ3) is 6.60. The Morgan fingerprint density at radius 1 is 1.17 bits per heavy atom. The molecule has 0 aromatic heterocycles. The molecule has 6 nitrogen and oxygen atoms in total. The lowest BCUT2D eigenvalue weighted by molar-refractivity contribution is 0.108. The van der Waals surface area contributed by atoms with Gasteiger partial charge in [0.15, 0.2) is 0 Å². The average Bonchev–Trinajstić information content (AvgIpc) is 3.29. The van der Waals surface area contributed by atoms with Crippen molar-refractivity contribution in [3.63, 3.8) is 0 Å². The van der Waals surface area contributed by atoms with Gasteiger partial charge >= 0.3 is 0 Å². The topological polar surface area (TPSA) is 55.3 Å². The Kier molecular flexibility index (Phi) is 9.81. The van der Waals surface area contributed by atoms with Gasteiger partial charge in [-0.15, -0.1) is 0 Å². The van der Waals surface area contributed by atoms with Crippen LogP contribution in [0.15, 0.2) is 57.8 Å². The molecule has 0 aliphatic carbocycles. The summed E-state index contributed by atoms with van der Waals surface area (Å²) in [5.41, 5.74) is 7.03. The lowest BCUT2D eigenvalue weighted by atomic mass is 9.97. The van der Waals surface area contributed by atoms with E-state index in [-0.39, 0.29) is 0 Å². The zero-order valence-electron chi connectivity index (χ0n) is 22.2. The molecule has 3 aliphatic rings. The number of dihydropyridines is 1. The standard InChI is InChI=1S/C28H40N6.F2/c1-6-12-33-13-15-34(16-14-33)24-10-11-30-28(4,19-24)32-27-18-23-17-22(8-9-26(23)31-27)25(20-29-5)21(3)7-2;1-2/h8-11,17,19-20,30H,6-7,12-16,18H2,1-5H3,(H,31,32);/b25-21+,29-20?;. The summed E-state index contributed by atoms with van der Waals surface area (Å²) >= 11 is 0. The number of hydrogen-bond donors (Lipinski definition) is 2. The molecule has 0 spiro atoms. The summed E-state index contributed by atoms with van der Waals surface area (Å²) in [4.78, 5) is 14.5. The van der Waals surface area contributed by atoms with E-state index >= 15 is 0 Å². The van der Waals surface area contributed by atoms with Gasteiger partial charge in [-0.05, 0) is 74.2 Å². The molecule has 8 heteroatoms. The summed E-state index contributed by atoms with van der Waals surface area (Å²) < 4.78 is 16.0.